The van der Waals surface area contributed by atoms with Gasteiger partial charge in [-0.2, -0.15) is 15.0 Å². The van der Waals surface area contributed by atoms with E-state index in [2.05, 4.69) is 25.2 Å². The van der Waals surface area contributed by atoms with E-state index in [9.17, 15) is 4.79 Å². The number of methoxy groups -OCH3 is 1. The number of thiophene rings is 1. The molecule has 128 valence electrons. The van der Waals surface area contributed by atoms with Crippen LogP contribution in [0.5, 0.6) is 6.01 Å². The van der Waals surface area contributed by atoms with Gasteiger partial charge in [-0.15, -0.1) is 11.3 Å². The fourth-order valence-electron chi connectivity index (χ4n) is 2.59. The zero-order valence-electron chi connectivity index (χ0n) is 13.9. The Hall–Kier alpha value is -2.22. The van der Waals surface area contributed by atoms with Gasteiger partial charge in [0.25, 0.3) is 5.91 Å². The molecular weight excluding hydrogens is 326 g/mol. The summed E-state index contributed by atoms with van der Waals surface area (Å²) in [6.45, 7) is 4.09. The standard InChI is InChI=1S/C16H21N5O2S/c1-11-8-12(24-10-11)14(22)17-9-13-18-15(20-16(19-13)23-2)21-6-4-3-5-7-21/h8,10H,3-7,9H2,1-2H3,(H,17,22). The molecule has 1 aliphatic rings. The van der Waals surface area contributed by atoms with Crippen molar-refractivity contribution < 1.29 is 9.53 Å². The normalized spacial score (nSPS) is 14.5. The third kappa shape index (κ3) is 4.00. The molecular formula is C16H21N5O2S. The molecule has 1 amide bonds. The number of amides is 1. The van der Waals surface area contributed by atoms with Crippen molar-refractivity contribution in [1.29, 1.82) is 0 Å². The van der Waals surface area contributed by atoms with Crippen molar-refractivity contribution in [2.75, 3.05) is 25.1 Å². The van der Waals surface area contributed by atoms with E-state index in [1.165, 1.54) is 24.9 Å². The van der Waals surface area contributed by atoms with E-state index < -0.39 is 0 Å². The average molecular weight is 347 g/mol. The van der Waals surface area contributed by atoms with Gasteiger partial charge < -0.3 is 15.0 Å². The largest absolute Gasteiger partial charge is 0.467 e. The summed E-state index contributed by atoms with van der Waals surface area (Å²) in [5.74, 6) is 1.01. The van der Waals surface area contributed by atoms with E-state index >= 15 is 0 Å². The number of aryl methyl sites for hydroxylation is 1. The van der Waals surface area contributed by atoms with Gasteiger partial charge in [0.1, 0.15) is 0 Å². The minimum Gasteiger partial charge on any atom is -0.467 e. The number of anilines is 1. The van der Waals surface area contributed by atoms with E-state index in [0.29, 0.717) is 16.6 Å². The Morgan fingerprint density at radius 3 is 2.75 bits per heavy atom. The first kappa shape index (κ1) is 16.6. The summed E-state index contributed by atoms with van der Waals surface area (Å²) in [6.07, 6.45) is 3.51. The van der Waals surface area contributed by atoms with Crippen molar-refractivity contribution in [3.63, 3.8) is 0 Å². The third-order valence-corrected chi connectivity index (χ3v) is 4.88. The van der Waals surface area contributed by atoms with Crippen LogP contribution in [0.15, 0.2) is 11.4 Å². The SMILES string of the molecule is COc1nc(CNC(=O)c2cc(C)cs2)nc(N2CCCCC2)n1. The van der Waals surface area contributed by atoms with E-state index in [4.69, 9.17) is 4.74 Å². The van der Waals surface area contributed by atoms with Crippen LogP contribution in [0.25, 0.3) is 0 Å². The minimum absolute atomic E-state index is 0.119. The van der Waals surface area contributed by atoms with Crippen molar-refractivity contribution in [2.45, 2.75) is 32.7 Å². The highest BCUT2D eigenvalue weighted by atomic mass is 32.1. The van der Waals surface area contributed by atoms with Gasteiger partial charge in [0.15, 0.2) is 5.82 Å². The zero-order valence-corrected chi connectivity index (χ0v) is 14.7. The van der Waals surface area contributed by atoms with Crippen LogP contribution in [0, 0.1) is 6.92 Å². The number of ether oxygens (including phenoxy) is 1. The molecule has 0 aliphatic carbocycles. The fourth-order valence-corrected chi connectivity index (χ4v) is 3.40. The monoisotopic (exact) mass is 347 g/mol. The number of hydrogen-bond donors (Lipinski definition) is 1. The minimum atomic E-state index is -0.119. The van der Waals surface area contributed by atoms with Crippen LogP contribution in [0.4, 0.5) is 5.95 Å². The van der Waals surface area contributed by atoms with Gasteiger partial charge in [-0.3, -0.25) is 4.79 Å². The van der Waals surface area contributed by atoms with Crippen LogP contribution in [0.3, 0.4) is 0 Å². The molecule has 0 radical (unpaired) electrons. The molecule has 3 heterocycles. The first-order valence-corrected chi connectivity index (χ1v) is 8.91. The van der Waals surface area contributed by atoms with Crippen LogP contribution in [0.2, 0.25) is 0 Å². The lowest BCUT2D eigenvalue weighted by molar-refractivity contribution is 0.0953. The molecule has 8 heteroatoms. The molecule has 7 nitrogen and oxygen atoms in total. The summed E-state index contributed by atoms with van der Waals surface area (Å²) in [5.41, 5.74) is 1.08. The Morgan fingerprint density at radius 1 is 1.29 bits per heavy atom. The molecule has 0 spiro atoms. The van der Waals surface area contributed by atoms with E-state index in [1.54, 1.807) is 0 Å². The third-order valence-electron chi connectivity index (χ3n) is 3.83. The highest BCUT2D eigenvalue weighted by molar-refractivity contribution is 7.12. The summed E-state index contributed by atoms with van der Waals surface area (Å²) < 4.78 is 5.18. The molecule has 2 aromatic heterocycles. The number of nitrogens with zero attached hydrogens (tertiary/aromatic N) is 4. The Balaban J connectivity index is 1.71. The number of carbonyl (C=O) groups excluding carboxylic acids is 1. The predicted molar refractivity (Wildman–Crippen MR) is 92.7 cm³/mol. The first-order valence-electron chi connectivity index (χ1n) is 8.03. The topological polar surface area (TPSA) is 80.2 Å². The number of aromatic nitrogens is 3. The summed E-state index contributed by atoms with van der Waals surface area (Å²) >= 11 is 1.43. The van der Waals surface area contributed by atoms with E-state index in [0.717, 1.165) is 31.5 Å². The Morgan fingerprint density at radius 2 is 2.08 bits per heavy atom. The fraction of sp³-hybridized carbons (Fsp3) is 0.500. The lowest BCUT2D eigenvalue weighted by atomic mass is 10.1. The van der Waals surface area contributed by atoms with Crippen LogP contribution >= 0.6 is 11.3 Å². The van der Waals surface area contributed by atoms with Crippen LogP contribution < -0.4 is 15.0 Å². The predicted octanol–water partition coefficient (Wildman–Crippen LogP) is 2.17. The molecule has 0 atom stereocenters. The molecule has 0 aromatic carbocycles. The molecule has 1 fully saturated rings. The number of nitrogens with one attached hydrogen (secondary N) is 1. The molecule has 1 N–H and O–H groups in total. The molecule has 24 heavy (non-hydrogen) atoms. The van der Waals surface area contributed by atoms with Crippen LogP contribution in [0.1, 0.15) is 40.3 Å². The van der Waals surface area contributed by atoms with Crippen molar-refractivity contribution in [1.82, 2.24) is 20.3 Å². The second-order valence-electron chi connectivity index (χ2n) is 5.76. The van der Waals surface area contributed by atoms with Gasteiger partial charge in [0.2, 0.25) is 5.95 Å². The highest BCUT2D eigenvalue weighted by Gasteiger charge is 2.17. The van der Waals surface area contributed by atoms with Gasteiger partial charge in [-0.05, 0) is 43.2 Å². The van der Waals surface area contributed by atoms with Crippen molar-refractivity contribution in [2.24, 2.45) is 0 Å². The van der Waals surface area contributed by atoms with Crippen LogP contribution in [-0.2, 0) is 6.54 Å². The number of piperidine rings is 1. The molecule has 0 saturated carbocycles. The molecule has 0 bridgehead atoms. The quantitative estimate of drug-likeness (QED) is 0.893. The Kier molecular flexibility index (Phi) is 5.24. The lowest BCUT2D eigenvalue weighted by Gasteiger charge is -2.26. The first-order chi connectivity index (χ1) is 11.7. The van der Waals surface area contributed by atoms with E-state index in [1.807, 2.05) is 18.4 Å². The van der Waals surface area contributed by atoms with Crippen molar-refractivity contribution >= 4 is 23.2 Å². The second kappa shape index (κ2) is 7.57. The molecule has 1 saturated heterocycles. The van der Waals surface area contributed by atoms with Gasteiger partial charge in [0.05, 0.1) is 18.5 Å². The van der Waals surface area contributed by atoms with Gasteiger partial charge in [-0.1, -0.05) is 0 Å². The summed E-state index contributed by atoms with van der Waals surface area (Å²) in [5, 5.41) is 4.81. The van der Waals surface area contributed by atoms with E-state index in [-0.39, 0.29) is 18.5 Å². The van der Waals surface area contributed by atoms with Gasteiger partial charge in [0, 0.05) is 13.1 Å². The number of carbonyl (C=O) groups is 1. The number of rotatable bonds is 5. The number of hydrogen-bond acceptors (Lipinski definition) is 7. The highest BCUT2D eigenvalue weighted by Crippen LogP contribution is 2.18. The average Bonchev–Trinajstić information content (AvgIpc) is 3.06. The molecule has 2 aromatic rings. The van der Waals surface area contributed by atoms with Crippen molar-refractivity contribution in [3.05, 3.63) is 27.7 Å². The van der Waals surface area contributed by atoms with Crippen molar-refractivity contribution in [3.8, 4) is 6.01 Å². The van der Waals surface area contributed by atoms with Crippen LogP contribution in [-0.4, -0.2) is 41.1 Å². The second-order valence-corrected chi connectivity index (χ2v) is 6.67. The van der Waals surface area contributed by atoms with Gasteiger partial charge >= 0.3 is 6.01 Å². The van der Waals surface area contributed by atoms with Gasteiger partial charge in [-0.25, -0.2) is 0 Å². The molecule has 3 rings (SSSR count). The maximum absolute atomic E-state index is 12.2. The lowest BCUT2D eigenvalue weighted by Crippen LogP contribution is -2.32. The molecule has 1 aliphatic heterocycles. The smallest absolute Gasteiger partial charge is 0.321 e. The maximum Gasteiger partial charge on any atom is 0.321 e. The Bertz CT molecular complexity index is 712. The summed E-state index contributed by atoms with van der Waals surface area (Å²) in [4.78, 5) is 28.0. The summed E-state index contributed by atoms with van der Waals surface area (Å²) in [6, 6.07) is 2.15. The molecule has 0 unspecified atom stereocenters. The zero-order chi connectivity index (χ0) is 16.9. The maximum atomic E-state index is 12.2. The summed E-state index contributed by atoms with van der Waals surface area (Å²) in [7, 11) is 1.53. The Labute approximate surface area is 145 Å².